The SMILES string of the molecule is CCc1ccccc1OCCNC(C)C(C)C. The van der Waals surface area contributed by atoms with E-state index in [1.807, 2.05) is 12.1 Å². The van der Waals surface area contributed by atoms with Gasteiger partial charge in [-0.3, -0.25) is 0 Å². The molecule has 0 spiro atoms. The lowest BCUT2D eigenvalue weighted by Gasteiger charge is -2.18. The van der Waals surface area contributed by atoms with E-state index < -0.39 is 0 Å². The fourth-order valence-electron chi connectivity index (χ4n) is 1.62. The Morgan fingerprint density at radius 1 is 1.18 bits per heavy atom. The van der Waals surface area contributed by atoms with Crippen LogP contribution in [0.5, 0.6) is 5.75 Å². The van der Waals surface area contributed by atoms with Crippen molar-refractivity contribution in [2.75, 3.05) is 13.2 Å². The summed E-state index contributed by atoms with van der Waals surface area (Å²) in [5, 5.41) is 3.46. The third kappa shape index (κ3) is 4.78. The molecule has 0 aliphatic heterocycles. The van der Waals surface area contributed by atoms with Crippen molar-refractivity contribution in [2.45, 2.75) is 40.2 Å². The molecule has 0 bridgehead atoms. The molecule has 0 fully saturated rings. The monoisotopic (exact) mass is 235 g/mol. The summed E-state index contributed by atoms with van der Waals surface area (Å²) in [6.45, 7) is 10.5. The molecule has 1 unspecified atom stereocenters. The summed E-state index contributed by atoms with van der Waals surface area (Å²) < 4.78 is 5.80. The molecule has 1 aromatic carbocycles. The van der Waals surface area contributed by atoms with Crippen molar-refractivity contribution in [2.24, 2.45) is 5.92 Å². The first-order valence-electron chi connectivity index (χ1n) is 6.59. The van der Waals surface area contributed by atoms with Gasteiger partial charge >= 0.3 is 0 Å². The van der Waals surface area contributed by atoms with Crippen molar-refractivity contribution in [3.63, 3.8) is 0 Å². The van der Waals surface area contributed by atoms with E-state index in [1.165, 1.54) is 5.56 Å². The zero-order valence-electron chi connectivity index (χ0n) is 11.5. The zero-order valence-corrected chi connectivity index (χ0v) is 11.5. The highest BCUT2D eigenvalue weighted by Gasteiger charge is 2.05. The Kier molecular flexibility index (Phi) is 6.06. The second kappa shape index (κ2) is 7.33. The van der Waals surface area contributed by atoms with Gasteiger partial charge < -0.3 is 10.1 Å². The highest BCUT2D eigenvalue weighted by Crippen LogP contribution is 2.17. The van der Waals surface area contributed by atoms with Gasteiger partial charge in [0, 0.05) is 12.6 Å². The second-order valence-corrected chi connectivity index (χ2v) is 4.80. The summed E-state index contributed by atoms with van der Waals surface area (Å²) in [5.74, 6) is 1.69. The first-order chi connectivity index (χ1) is 8.15. The molecule has 1 N–H and O–H groups in total. The van der Waals surface area contributed by atoms with E-state index in [4.69, 9.17) is 4.74 Å². The lowest BCUT2D eigenvalue weighted by atomic mass is 10.1. The minimum atomic E-state index is 0.542. The van der Waals surface area contributed by atoms with Crippen molar-refractivity contribution >= 4 is 0 Å². The van der Waals surface area contributed by atoms with Gasteiger partial charge in [-0.1, -0.05) is 39.0 Å². The molecule has 1 atom stereocenters. The predicted molar refractivity (Wildman–Crippen MR) is 73.6 cm³/mol. The Balaban J connectivity index is 2.31. The van der Waals surface area contributed by atoms with Crippen LogP contribution < -0.4 is 10.1 Å². The zero-order chi connectivity index (χ0) is 12.7. The maximum atomic E-state index is 5.80. The van der Waals surface area contributed by atoms with Crippen LogP contribution in [-0.4, -0.2) is 19.2 Å². The maximum Gasteiger partial charge on any atom is 0.122 e. The van der Waals surface area contributed by atoms with Gasteiger partial charge in [0.15, 0.2) is 0 Å². The lowest BCUT2D eigenvalue weighted by molar-refractivity contribution is 0.294. The van der Waals surface area contributed by atoms with Crippen LogP contribution in [0.2, 0.25) is 0 Å². The Bertz CT molecular complexity index is 322. The van der Waals surface area contributed by atoms with Crippen LogP contribution in [0.15, 0.2) is 24.3 Å². The number of para-hydroxylation sites is 1. The fraction of sp³-hybridized carbons (Fsp3) is 0.600. The fourth-order valence-corrected chi connectivity index (χ4v) is 1.62. The first kappa shape index (κ1) is 14.0. The number of hydrogen-bond donors (Lipinski definition) is 1. The highest BCUT2D eigenvalue weighted by atomic mass is 16.5. The van der Waals surface area contributed by atoms with Gasteiger partial charge in [-0.05, 0) is 30.9 Å². The summed E-state index contributed by atoms with van der Waals surface area (Å²) >= 11 is 0. The predicted octanol–water partition coefficient (Wildman–Crippen LogP) is 3.26. The molecule has 0 radical (unpaired) electrons. The van der Waals surface area contributed by atoms with E-state index >= 15 is 0 Å². The Morgan fingerprint density at radius 3 is 2.53 bits per heavy atom. The van der Waals surface area contributed by atoms with Crippen LogP contribution in [0.4, 0.5) is 0 Å². The molecule has 0 amide bonds. The smallest absolute Gasteiger partial charge is 0.122 e. The molecule has 2 heteroatoms. The Hall–Kier alpha value is -1.02. The van der Waals surface area contributed by atoms with Crippen molar-refractivity contribution in [3.8, 4) is 5.75 Å². The third-order valence-electron chi connectivity index (χ3n) is 3.18. The summed E-state index contributed by atoms with van der Waals surface area (Å²) in [6, 6.07) is 8.80. The maximum absolute atomic E-state index is 5.80. The van der Waals surface area contributed by atoms with Crippen LogP contribution in [0, 0.1) is 5.92 Å². The molecular formula is C15H25NO. The molecule has 0 saturated heterocycles. The van der Waals surface area contributed by atoms with Crippen molar-refractivity contribution in [1.82, 2.24) is 5.32 Å². The molecular weight excluding hydrogens is 210 g/mol. The molecule has 0 heterocycles. The van der Waals surface area contributed by atoms with E-state index in [1.54, 1.807) is 0 Å². The molecule has 0 saturated carbocycles. The Labute approximate surface area is 105 Å². The summed E-state index contributed by atoms with van der Waals surface area (Å²) in [4.78, 5) is 0. The number of nitrogens with one attached hydrogen (secondary N) is 1. The van der Waals surface area contributed by atoms with Crippen LogP contribution in [0.3, 0.4) is 0 Å². The van der Waals surface area contributed by atoms with Crippen LogP contribution in [0.1, 0.15) is 33.3 Å². The van der Waals surface area contributed by atoms with Gasteiger partial charge in [-0.25, -0.2) is 0 Å². The number of rotatable bonds is 7. The van der Waals surface area contributed by atoms with Crippen LogP contribution >= 0.6 is 0 Å². The van der Waals surface area contributed by atoms with Gasteiger partial charge in [0.05, 0.1) is 0 Å². The topological polar surface area (TPSA) is 21.3 Å². The van der Waals surface area contributed by atoms with Crippen molar-refractivity contribution in [3.05, 3.63) is 29.8 Å². The number of aryl methyl sites for hydroxylation is 1. The largest absolute Gasteiger partial charge is 0.492 e. The highest BCUT2D eigenvalue weighted by molar-refractivity contribution is 5.33. The first-order valence-corrected chi connectivity index (χ1v) is 6.59. The molecule has 1 aromatic rings. The normalized spacial score (nSPS) is 12.8. The van der Waals surface area contributed by atoms with E-state index in [9.17, 15) is 0 Å². The van der Waals surface area contributed by atoms with Gasteiger partial charge in [0.25, 0.3) is 0 Å². The summed E-state index contributed by atoms with van der Waals surface area (Å²) in [5.41, 5.74) is 1.28. The molecule has 0 aliphatic carbocycles. The quantitative estimate of drug-likeness (QED) is 0.732. The number of ether oxygens (including phenoxy) is 1. The molecule has 0 aliphatic rings. The molecule has 1 rings (SSSR count). The minimum absolute atomic E-state index is 0.542. The van der Waals surface area contributed by atoms with Gasteiger partial charge in [-0.2, -0.15) is 0 Å². The van der Waals surface area contributed by atoms with Crippen molar-refractivity contribution in [1.29, 1.82) is 0 Å². The van der Waals surface area contributed by atoms with Crippen LogP contribution in [-0.2, 0) is 6.42 Å². The van der Waals surface area contributed by atoms with E-state index in [2.05, 4.69) is 45.1 Å². The average Bonchev–Trinajstić information content (AvgIpc) is 2.34. The van der Waals surface area contributed by atoms with E-state index in [0.717, 1.165) is 25.3 Å². The third-order valence-corrected chi connectivity index (χ3v) is 3.18. The van der Waals surface area contributed by atoms with Crippen LogP contribution in [0.25, 0.3) is 0 Å². The second-order valence-electron chi connectivity index (χ2n) is 4.80. The van der Waals surface area contributed by atoms with Crippen molar-refractivity contribution < 1.29 is 4.74 Å². The Morgan fingerprint density at radius 2 is 1.88 bits per heavy atom. The average molecular weight is 235 g/mol. The summed E-state index contributed by atoms with van der Waals surface area (Å²) in [6.07, 6.45) is 1.02. The molecule has 0 aromatic heterocycles. The van der Waals surface area contributed by atoms with E-state index in [-0.39, 0.29) is 0 Å². The minimum Gasteiger partial charge on any atom is -0.492 e. The van der Waals surface area contributed by atoms with Gasteiger partial charge in [0.1, 0.15) is 12.4 Å². The van der Waals surface area contributed by atoms with Gasteiger partial charge in [0.2, 0.25) is 0 Å². The molecule has 2 nitrogen and oxygen atoms in total. The standard InChI is InChI=1S/C15H25NO/c1-5-14-8-6-7-9-15(14)17-11-10-16-13(4)12(2)3/h6-9,12-13,16H,5,10-11H2,1-4H3. The van der Waals surface area contributed by atoms with E-state index in [0.29, 0.717) is 12.0 Å². The summed E-state index contributed by atoms with van der Waals surface area (Å²) in [7, 11) is 0. The molecule has 96 valence electrons. The lowest BCUT2D eigenvalue weighted by Crippen LogP contribution is -2.33. The molecule has 17 heavy (non-hydrogen) atoms. The van der Waals surface area contributed by atoms with Gasteiger partial charge in [-0.15, -0.1) is 0 Å². The number of benzene rings is 1. The number of hydrogen-bond acceptors (Lipinski definition) is 2.